The summed E-state index contributed by atoms with van der Waals surface area (Å²) in [7, 11) is 0. The molecule has 0 radical (unpaired) electrons. The maximum Gasteiger partial charge on any atom is 0.325 e. The summed E-state index contributed by atoms with van der Waals surface area (Å²) in [6, 6.07) is 6.83. The van der Waals surface area contributed by atoms with E-state index in [2.05, 4.69) is 10.6 Å². The Balaban J connectivity index is 2.26. The summed E-state index contributed by atoms with van der Waals surface area (Å²) in [5, 5.41) is 13.7. The van der Waals surface area contributed by atoms with Crippen molar-refractivity contribution in [2.24, 2.45) is 0 Å². The number of benzene rings is 1. The van der Waals surface area contributed by atoms with Gasteiger partial charge in [-0.05, 0) is 19.4 Å². The standard InChI is InChI=1S/C15H20N2O4/c1-10-3-5-12(6-4-10)9-16-13(18)7-8-14(19)17-11(2)15(20)21/h3-6,11H,7-9H2,1-2H3,(H,16,18)(H,17,19)(H,20,21). The van der Waals surface area contributed by atoms with Crippen molar-refractivity contribution in [2.75, 3.05) is 0 Å². The minimum atomic E-state index is -1.10. The van der Waals surface area contributed by atoms with Gasteiger partial charge in [0.1, 0.15) is 6.04 Å². The van der Waals surface area contributed by atoms with Crippen LogP contribution in [-0.4, -0.2) is 28.9 Å². The summed E-state index contributed by atoms with van der Waals surface area (Å²) in [5.41, 5.74) is 2.13. The van der Waals surface area contributed by atoms with Crippen LogP contribution in [0.3, 0.4) is 0 Å². The Hall–Kier alpha value is -2.37. The Kier molecular flexibility index (Phi) is 6.39. The Bertz CT molecular complexity index is 511. The fourth-order valence-corrected chi connectivity index (χ4v) is 1.60. The van der Waals surface area contributed by atoms with E-state index in [1.54, 1.807) is 0 Å². The molecule has 114 valence electrons. The van der Waals surface area contributed by atoms with Crippen molar-refractivity contribution < 1.29 is 19.5 Å². The first-order chi connectivity index (χ1) is 9.88. The lowest BCUT2D eigenvalue weighted by Crippen LogP contribution is -2.38. The van der Waals surface area contributed by atoms with Gasteiger partial charge in [0.15, 0.2) is 0 Å². The predicted molar refractivity (Wildman–Crippen MR) is 77.5 cm³/mol. The molecule has 0 saturated carbocycles. The molecule has 2 amide bonds. The van der Waals surface area contributed by atoms with Crippen molar-refractivity contribution in [3.05, 3.63) is 35.4 Å². The van der Waals surface area contributed by atoms with Crippen LogP contribution >= 0.6 is 0 Å². The molecule has 0 aliphatic heterocycles. The van der Waals surface area contributed by atoms with E-state index in [0.29, 0.717) is 6.54 Å². The molecule has 0 spiro atoms. The predicted octanol–water partition coefficient (Wildman–Crippen LogP) is 0.981. The summed E-state index contributed by atoms with van der Waals surface area (Å²) < 4.78 is 0. The van der Waals surface area contributed by atoms with Crippen LogP contribution in [0, 0.1) is 6.92 Å². The smallest absolute Gasteiger partial charge is 0.325 e. The summed E-state index contributed by atoms with van der Waals surface area (Å²) in [6.45, 7) is 3.77. The Morgan fingerprint density at radius 2 is 1.67 bits per heavy atom. The Morgan fingerprint density at radius 1 is 1.10 bits per heavy atom. The second-order valence-corrected chi connectivity index (χ2v) is 4.89. The van der Waals surface area contributed by atoms with Gasteiger partial charge >= 0.3 is 5.97 Å². The molecule has 6 nitrogen and oxygen atoms in total. The highest BCUT2D eigenvalue weighted by Gasteiger charge is 2.14. The molecule has 6 heteroatoms. The van der Waals surface area contributed by atoms with Crippen molar-refractivity contribution in [1.29, 1.82) is 0 Å². The molecular formula is C15H20N2O4. The van der Waals surface area contributed by atoms with Gasteiger partial charge < -0.3 is 15.7 Å². The molecule has 1 atom stereocenters. The first-order valence-electron chi connectivity index (χ1n) is 6.73. The molecule has 1 unspecified atom stereocenters. The third kappa shape index (κ3) is 6.56. The van der Waals surface area contributed by atoms with Gasteiger partial charge in [0, 0.05) is 19.4 Å². The van der Waals surface area contributed by atoms with Crippen LogP contribution in [0.1, 0.15) is 30.9 Å². The van der Waals surface area contributed by atoms with E-state index in [1.165, 1.54) is 6.92 Å². The van der Waals surface area contributed by atoms with Crippen molar-refractivity contribution in [3.8, 4) is 0 Å². The summed E-state index contributed by atoms with van der Waals surface area (Å²) in [6.07, 6.45) is 0.00137. The molecule has 3 N–H and O–H groups in total. The molecule has 0 heterocycles. The number of carboxylic acids is 1. The molecule has 1 aromatic carbocycles. The Morgan fingerprint density at radius 3 is 2.24 bits per heavy atom. The molecule has 0 fully saturated rings. The van der Waals surface area contributed by atoms with Crippen LogP contribution in [0.2, 0.25) is 0 Å². The van der Waals surface area contributed by atoms with Gasteiger partial charge in [-0.1, -0.05) is 29.8 Å². The lowest BCUT2D eigenvalue weighted by molar-refractivity contribution is -0.141. The van der Waals surface area contributed by atoms with E-state index >= 15 is 0 Å². The minimum absolute atomic E-state index is 0.0304. The number of carboxylic acid groups (broad SMARTS) is 1. The number of hydrogen-bond donors (Lipinski definition) is 3. The van der Waals surface area contributed by atoms with Gasteiger partial charge in [0.25, 0.3) is 0 Å². The van der Waals surface area contributed by atoms with Gasteiger partial charge in [-0.2, -0.15) is 0 Å². The van der Waals surface area contributed by atoms with E-state index in [0.717, 1.165) is 11.1 Å². The highest BCUT2D eigenvalue weighted by Crippen LogP contribution is 2.02. The highest BCUT2D eigenvalue weighted by molar-refractivity contribution is 5.86. The second-order valence-electron chi connectivity index (χ2n) is 4.89. The van der Waals surface area contributed by atoms with Gasteiger partial charge in [0.05, 0.1) is 0 Å². The van der Waals surface area contributed by atoms with E-state index < -0.39 is 17.9 Å². The first kappa shape index (κ1) is 16.7. The molecule has 0 aromatic heterocycles. The first-order valence-corrected chi connectivity index (χ1v) is 6.73. The highest BCUT2D eigenvalue weighted by atomic mass is 16.4. The van der Waals surface area contributed by atoms with Crippen LogP contribution < -0.4 is 10.6 Å². The summed E-state index contributed by atoms with van der Waals surface area (Å²) >= 11 is 0. The molecule has 0 aliphatic rings. The number of nitrogens with one attached hydrogen (secondary N) is 2. The zero-order valence-electron chi connectivity index (χ0n) is 12.2. The number of carbonyl (C=O) groups excluding carboxylic acids is 2. The fourth-order valence-electron chi connectivity index (χ4n) is 1.60. The van der Waals surface area contributed by atoms with Gasteiger partial charge in [-0.3, -0.25) is 14.4 Å². The van der Waals surface area contributed by atoms with E-state index in [-0.39, 0.29) is 18.7 Å². The topological polar surface area (TPSA) is 95.5 Å². The van der Waals surface area contributed by atoms with Crippen molar-refractivity contribution >= 4 is 17.8 Å². The zero-order chi connectivity index (χ0) is 15.8. The number of hydrogen-bond acceptors (Lipinski definition) is 3. The summed E-state index contributed by atoms with van der Waals surface area (Å²) in [5.74, 6) is -1.80. The lowest BCUT2D eigenvalue weighted by Gasteiger charge is -2.09. The van der Waals surface area contributed by atoms with Crippen LogP contribution in [0.15, 0.2) is 24.3 Å². The third-order valence-corrected chi connectivity index (χ3v) is 2.94. The molecule has 1 aromatic rings. The fraction of sp³-hybridized carbons (Fsp3) is 0.400. The average Bonchev–Trinajstić information content (AvgIpc) is 2.44. The van der Waals surface area contributed by atoms with Crippen LogP contribution in [0.5, 0.6) is 0 Å². The van der Waals surface area contributed by atoms with E-state index in [1.807, 2.05) is 31.2 Å². The van der Waals surface area contributed by atoms with Gasteiger partial charge in [0.2, 0.25) is 11.8 Å². The summed E-state index contributed by atoms with van der Waals surface area (Å²) in [4.78, 5) is 33.6. The normalized spacial score (nSPS) is 11.5. The maximum absolute atomic E-state index is 11.6. The molecule has 1 rings (SSSR count). The van der Waals surface area contributed by atoms with Gasteiger partial charge in [-0.15, -0.1) is 0 Å². The molecular weight excluding hydrogens is 272 g/mol. The Labute approximate surface area is 123 Å². The molecule has 0 bridgehead atoms. The maximum atomic E-state index is 11.6. The van der Waals surface area contributed by atoms with E-state index in [4.69, 9.17) is 5.11 Å². The number of aliphatic carboxylic acids is 1. The van der Waals surface area contributed by atoms with Crippen molar-refractivity contribution in [3.63, 3.8) is 0 Å². The van der Waals surface area contributed by atoms with Gasteiger partial charge in [-0.25, -0.2) is 0 Å². The molecule has 21 heavy (non-hydrogen) atoms. The minimum Gasteiger partial charge on any atom is -0.480 e. The number of carbonyl (C=O) groups is 3. The molecule has 0 aliphatic carbocycles. The number of amides is 2. The molecule has 0 saturated heterocycles. The van der Waals surface area contributed by atoms with Crippen LogP contribution in [-0.2, 0) is 20.9 Å². The van der Waals surface area contributed by atoms with E-state index in [9.17, 15) is 14.4 Å². The average molecular weight is 292 g/mol. The third-order valence-electron chi connectivity index (χ3n) is 2.94. The van der Waals surface area contributed by atoms with Crippen LogP contribution in [0.25, 0.3) is 0 Å². The largest absolute Gasteiger partial charge is 0.480 e. The number of rotatable bonds is 7. The van der Waals surface area contributed by atoms with Crippen molar-refractivity contribution in [2.45, 2.75) is 39.3 Å². The number of aryl methyl sites for hydroxylation is 1. The quantitative estimate of drug-likeness (QED) is 0.698. The zero-order valence-corrected chi connectivity index (χ0v) is 12.2. The monoisotopic (exact) mass is 292 g/mol. The van der Waals surface area contributed by atoms with Crippen molar-refractivity contribution in [1.82, 2.24) is 10.6 Å². The second kappa shape index (κ2) is 8.04. The SMILES string of the molecule is Cc1ccc(CNC(=O)CCC(=O)NC(C)C(=O)O)cc1. The lowest BCUT2D eigenvalue weighted by atomic mass is 10.1. The van der Waals surface area contributed by atoms with Crippen LogP contribution in [0.4, 0.5) is 0 Å².